The van der Waals surface area contributed by atoms with Gasteiger partial charge >= 0.3 is 0 Å². The summed E-state index contributed by atoms with van der Waals surface area (Å²) in [5.41, 5.74) is 2.09. The number of hydrogen-bond donors (Lipinski definition) is 1. The average Bonchev–Trinajstić information content (AvgIpc) is 2.61. The van der Waals surface area contributed by atoms with Crippen LogP contribution in [-0.4, -0.2) is 43.5 Å². The van der Waals surface area contributed by atoms with Gasteiger partial charge in [0.15, 0.2) is 0 Å². The highest BCUT2D eigenvalue weighted by Gasteiger charge is 2.21. The highest BCUT2D eigenvalue weighted by molar-refractivity contribution is 6.30. The van der Waals surface area contributed by atoms with Crippen LogP contribution >= 0.6 is 24.0 Å². The molecule has 0 atom stereocenters. The maximum absolute atomic E-state index is 12.3. The van der Waals surface area contributed by atoms with E-state index in [9.17, 15) is 4.79 Å². The first-order valence-corrected chi connectivity index (χ1v) is 8.17. The van der Waals surface area contributed by atoms with Crippen LogP contribution in [0, 0.1) is 0 Å². The number of carbonyl (C=O) groups is 1. The van der Waals surface area contributed by atoms with Gasteiger partial charge in [0.1, 0.15) is 0 Å². The molecule has 0 aromatic heterocycles. The highest BCUT2D eigenvalue weighted by atomic mass is 35.5. The average molecular weight is 366 g/mol. The summed E-state index contributed by atoms with van der Waals surface area (Å²) < 4.78 is 0. The summed E-state index contributed by atoms with van der Waals surface area (Å²) in [5.74, 6) is 0.139. The number of nitrogens with one attached hydrogen (secondary N) is 1. The van der Waals surface area contributed by atoms with Crippen molar-refractivity contribution in [2.45, 2.75) is 0 Å². The van der Waals surface area contributed by atoms with Crippen LogP contribution in [0.15, 0.2) is 54.6 Å². The van der Waals surface area contributed by atoms with Crippen molar-refractivity contribution in [1.82, 2.24) is 4.90 Å². The largest absolute Gasteiger partial charge is 0.376 e. The van der Waals surface area contributed by atoms with Crippen molar-refractivity contribution in [3.8, 4) is 0 Å². The minimum Gasteiger partial charge on any atom is -0.376 e. The molecule has 1 N–H and O–H groups in total. The van der Waals surface area contributed by atoms with Crippen LogP contribution in [0.4, 0.5) is 11.4 Å². The summed E-state index contributed by atoms with van der Waals surface area (Å²) >= 11 is 6.04. The lowest BCUT2D eigenvalue weighted by Gasteiger charge is -2.36. The minimum atomic E-state index is 0. The second-order valence-corrected chi connectivity index (χ2v) is 6.00. The smallest absolute Gasteiger partial charge is 0.241 e. The Kier molecular flexibility index (Phi) is 6.76. The molecule has 0 spiro atoms. The Morgan fingerprint density at radius 1 is 1.00 bits per heavy atom. The lowest BCUT2D eigenvalue weighted by molar-refractivity contribution is -0.129. The number of piperazine rings is 1. The van der Waals surface area contributed by atoms with E-state index < -0.39 is 0 Å². The number of halogens is 2. The zero-order valence-electron chi connectivity index (χ0n) is 13.3. The van der Waals surface area contributed by atoms with Crippen molar-refractivity contribution in [2.24, 2.45) is 0 Å². The number of para-hydroxylation sites is 1. The number of benzene rings is 2. The molecule has 0 unspecified atom stereocenters. The Hall–Kier alpha value is -1.91. The van der Waals surface area contributed by atoms with Crippen molar-refractivity contribution < 1.29 is 4.79 Å². The van der Waals surface area contributed by atoms with E-state index >= 15 is 0 Å². The number of carbonyl (C=O) groups excluding carboxylic acids is 1. The molecule has 6 heteroatoms. The number of nitrogens with zero attached hydrogens (tertiary/aromatic N) is 2. The molecule has 2 aromatic carbocycles. The molecule has 1 aliphatic heterocycles. The van der Waals surface area contributed by atoms with Gasteiger partial charge in [-0.1, -0.05) is 35.9 Å². The van der Waals surface area contributed by atoms with Gasteiger partial charge in [0.25, 0.3) is 0 Å². The second-order valence-electron chi connectivity index (χ2n) is 5.57. The Bertz CT molecular complexity index is 658. The van der Waals surface area contributed by atoms with Crippen LogP contribution < -0.4 is 10.2 Å². The fraction of sp³-hybridized carbons (Fsp3) is 0.278. The highest BCUT2D eigenvalue weighted by Crippen LogP contribution is 2.20. The molecule has 2 aromatic rings. The normalized spacial score (nSPS) is 14.0. The number of anilines is 2. The third kappa shape index (κ3) is 4.79. The summed E-state index contributed by atoms with van der Waals surface area (Å²) in [6.07, 6.45) is 0. The molecule has 128 valence electrons. The SMILES string of the molecule is Cl.O=C(CNc1ccccc1)N1CCN(c2cccc(Cl)c2)CC1. The maximum atomic E-state index is 12.3. The predicted octanol–water partition coefficient (Wildman–Crippen LogP) is 3.52. The summed E-state index contributed by atoms with van der Waals surface area (Å²) in [6, 6.07) is 17.7. The quantitative estimate of drug-likeness (QED) is 0.899. The minimum absolute atomic E-state index is 0. The van der Waals surface area contributed by atoms with Gasteiger partial charge < -0.3 is 15.1 Å². The molecule has 0 bridgehead atoms. The monoisotopic (exact) mass is 365 g/mol. The zero-order chi connectivity index (χ0) is 16.1. The first kappa shape index (κ1) is 18.4. The van der Waals surface area contributed by atoms with Crippen LogP contribution in [-0.2, 0) is 4.79 Å². The standard InChI is InChI=1S/C18H20ClN3O.ClH/c19-15-5-4-8-17(13-15)21-9-11-22(12-10-21)18(23)14-20-16-6-2-1-3-7-16;/h1-8,13,20H,9-12,14H2;1H. The fourth-order valence-electron chi connectivity index (χ4n) is 2.73. The van der Waals surface area contributed by atoms with Crippen LogP contribution in [0.1, 0.15) is 0 Å². The van der Waals surface area contributed by atoms with E-state index in [2.05, 4.69) is 16.3 Å². The molecule has 0 aliphatic carbocycles. The Morgan fingerprint density at radius 2 is 1.71 bits per heavy atom. The molecule has 0 saturated carbocycles. The van der Waals surface area contributed by atoms with Gasteiger partial charge in [0, 0.05) is 42.6 Å². The first-order valence-electron chi connectivity index (χ1n) is 7.79. The van der Waals surface area contributed by atoms with Gasteiger partial charge in [-0.05, 0) is 30.3 Å². The van der Waals surface area contributed by atoms with Crippen LogP contribution in [0.25, 0.3) is 0 Å². The summed E-state index contributed by atoms with van der Waals surface area (Å²) in [7, 11) is 0. The van der Waals surface area contributed by atoms with Crippen LogP contribution in [0.3, 0.4) is 0 Å². The third-order valence-corrected chi connectivity index (χ3v) is 4.26. The molecule has 4 nitrogen and oxygen atoms in total. The third-order valence-electron chi connectivity index (χ3n) is 4.02. The van der Waals surface area contributed by atoms with Gasteiger partial charge in [0.05, 0.1) is 6.54 Å². The number of hydrogen-bond acceptors (Lipinski definition) is 3. The van der Waals surface area contributed by atoms with Gasteiger partial charge in [-0.2, -0.15) is 0 Å². The summed E-state index contributed by atoms with van der Waals surface area (Å²) in [6.45, 7) is 3.47. The molecule has 3 rings (SSSR count). The van der Waals surface area contributed by atoms with E-state index in [-0.39, 0.29) is 18.3 Å². The van der Waals surface area contributed by atoms with Crippen LogP contribution in [0.5, 0.6) is 0 Å². The van der Waals surface area contributed by atoms with Gasteiger partial charge in [-0.3, -0.25) is 4.79 Å². The van der Waals surface area contributed by atoms with E-state index in [0.717, 1.165) is 42.6 Å². The Labute approximate surface area is 153 Å². The van der Waals surface area contributed by atoms with Crippen molar-refractivity contribution >= 4 is 41.3 Å². The predicted molar refractivity (Wildman–Crippen MR) is 102 cm³/mol. The molecule has 1 fully saturated rings. The van der Waals surface area contributed by atoms with Crippen molar-refractivity contribution in [3.63, 3.8) is 0 Å². The lowest BCUT2D eigenvalue weighted by atomic mass is 10.2. The van der Waals surface area contributed by atoms with E-state index in [1.807, 2.05) is 53.4 Å². The molecule has 1 amide bonds. The Morgan fingerprint density at radius 3 is 2.38 bits per heavy atom. The maximum Gasteiger partial charge on any atom is 0.241 e. The molecule has 0 radical (unpaired) electrons. The molecule has 24 heavy (non-hydrogen) atoms. The van der Waals surface area contributed by atoms with E-state index in [1.54, 1.807) is 0 Å². The fourth-order valence-corrected chi connectivity index (χ4v) is 2.92. The van der Waals surface area contributed by atoms with Gasteiger partial charge in [-0.25, -0.2) is 0 Å². The molecule has 1 aliphatic rings. The second kappa shape index (κ2) is 8.81. The first-order chi connectivity index (χ1) is 11.2. The van der Waals surface area contributed by atoms with Crippen molar-refractivity contribution in [1.29, 1.82) is 0 Å². The molecule has 1 saturated heterocycles. The van der Waals surface area contributed by atoms with Crippen molar-refractivity contribution in [2.75, 3.05) is 42.9 Å². The summed E-state index contributed by atoms with van der Waals surface area (Å²) in [4.78, 5) is 16.5. The van der Waals surface area contributed by atoms with Gasteiger partial charge in [-0.15, -0.1) is 12.4 Å². The topological polar surface area (TPSA) is 35.6 Å². The summed E-state index contributed by atoms with van der Waals surface area (Å²) in [5, 5.41) is 3.91. The molecule has 1 heterocycles. The molecular formula is C18H21Cl2N3O. The number of amides is 1. The molecular weight excluding hydrogens is 345 g/mol. The van der Waals surface area contributed by atoms with Crippen LogP contribution in [0.2, 0.25) is 5.02 Å². The van der Waals surface area contributed by atoms with E-state index in [1.165, 1.54) is 0 Å². The zero-order valence-corrected chi connectivity index (χ0v) is 14.9. The van der Waals surface area contributed by atoms with Crippen molar-refractivity contribution in [3.05, 3.63) is 59.6 Å². The number of rotatable bonds is 4. The van der Waals surface area contributed by atoms with E-state index in [4.69, 9.17) is 11.6 Å². The van der Waals surface area contributed by atoms with E-state index in [0.29, 0.717) is 6.54 Å². The van der Waals surface area contributed by atoms with Gasteiger partial charge in [0.2, 0.25) is 5.91 Å². The Balaban J connectivity index is 0.00000208. The lowest BCUT2D eigenvalue weighted by Crippen LogP contribution is -2.50.